The van der Waals surface area contributed by atoms with E-state index in [0.29, 0.717) is 30.4 Å². The molecule has 1 unspecified atom stereocenters. The molecule has 4 aliphatic heterocycles. The van der Waals surface area contributed by atoms with Crippen molar-refractivity contribution in [2.75, 3.05) is 37.6 Å². The van der Waals surface area contributed by atoms with Crippen LogP contribution in [-0.4, -0.2) is 71.4 Å². The molecule has 3 amide bonds. The van der Waals surface area contributed by atoms with Crippen molar-refractivity contribution < 1.29 is 24.2 Å². The van der Waals surface area contributed by atoms with E-state index >= 15 is 0 Å². The number of piperidine rings is 2. The minimum Gasteiger partial charge on any atom is -0.508 e. The van der Waals surface area contributed by atoms with Crippen LogP contribution in [0.15, 0.2) is 89.4 Å². The molecule has 3 fully saturated rings. The lowest BCUT2D eigenvalue weighted by atomic mass is 9.88. The Hall–Kier alpha value is -4.71. The number of halogens is 1. The van der Waals surface area contributed by atoms with Gasteiger partial charge in [-0.15, -0.1) is 11.3 Å². The standard InChI is InChI=1S/C42H39BrN4O5S/c43-30-5-1-27(2-6-30)40-39(35-12-8-32(48)20-37(35)53-40)52-33-9-3-26(4-10-33)29-22-45(23-29)21-25-15-17-46(18-16-25)31-7-11-34-28(19-31)24-47(42(34)51)36-13-14-38(49)44-41(36)50/h1-12,19-20,25,29,36,48H,13-18,21-24H2,(H,44,49,50). The summed E-state index contributed by atoms with van der Waals surface area (Å²) in [6, 6.07) is 27.7. The first-order valence-electron chi connectivity index (χ1n) is 18.3. The van der Waals surface area contributed by atoms with Crippen molar-refractivity contribution in [3.63, 3.8) is 0 Å². The lowest BCUT2D eigenvalue weighted by Crippen LogP contribution is -2.52. The fraction of sp³-hybridized carbons (Fsp3) is 0.310. The van der Waals surface area contributed by atoms with Crippen molar-refractivity contribution in [3.05, 3.63) is 106 Å². The summed E-state index contributed by atoms with van der Waals surface area (Å²) < 4.78 is 8.56. The van der Waals surface area contributed by atoms with Crippen molar-refractivity contribution in [1.29, 1.82) is 0 Å². The number of carbonyl (C=O) groups excluding carboxylic acids is 3. The number of carbonyl (C=O) groups is 3. The number of likely N-dealkylation sites (tertiary alicyclic amines) is 1. The number of nitrogens with one attached hydrogen (secondary N) is 1. The van der Waals surface area contributed by atoms with Crippen molar-refractivity contribution in [2.24, 2.45) is 5.92 Å². The second-order valence-corrected chi connectivity index (χ2v) is 16.7. The highest BCUT2D eigenvalue weighted by Crippen LogP contribution is 2.47. The summed E-state index contributed by atoms with van der Waals surface area (Å²) in [5, 5.41) is 13.5. The van der Waals surface area contributed by atoms with Crippen LogP contribution in [0.1, 0.15) is 53.1 Å². The first-order valence-corrected chi connectivity index (χ1v) is 19.9. The van der Waals surface area contributed by atoms with Crippen LogP contribution in [0.2, 0.25) is 0 Å². The highest BCUT2D eigenvalue weighted by molar-refractivity contribution is 9.10. The van der Waals surface area contributed by atoms with Gasteiger partial charge in [0.15, 0.2) is 5.75 Å². The van der Waals surface area contributed by atoms with E-state index in [2.05, 4.69) is 73.5 Å². The lowest BCUT2D eigenvalue weighted by molar-refractivity contribution is -0.136. The fourth-order valence-corrected chi connectivity index (χ4v) is 9.74. The number of phenolic OH excluding ortho intramolecular Hbond substituents is 1. The molecule has 0 aliphatic carbocycles. The van der Waals surface area contributed by atoms with Gasteiger partial charge < -0.3 is 24.5 Å². The van der Waals surface area contributed by atoms with Gasteiger partial charge in [0.05, 0.1) is 4.88 Å². The lowest BCUT2D eigenvalue weighted by Gasteiger charge is -2.43. The Bertz CT molecular complexity index is 2230. The predicted molar refractivity (Wildman–Crippen MR) is 210 cm³/mol. The number of fused-ring (bicyclic) bond motifs is 2. The van der Waals surface area contributed by atoms with Gasteiger partial charge >= 0.3 is 0 Å². The molecule has 2 N–H and O–H groups in total. The molecule has 0 bridgehead atoms. The number of rotatable bonds is 8. The van der Waals surface area contributed by atoms with Crippen LogP contribution in [0.5, 0.6) is 17.2 Å². The average Bonchev–Trinajstić information content (AvgIpc) is 3.66. The van der Waals surface area contributed by atoms with E-state index in [4.69, 9.17) is 4.74 Å². The number of hydrogen-bond donors (Lipinski definition) is 2. The second kappa shape index (κ2) is 13.9. The summed E-state index contributed by atoms with van der Waals surface area (Å²) in [6.45, 7) is 5.62. The molecule has 1 atom stereocenters. The van der Waals surface area contributed by atoms with E-state index in [1.54, 1.807) is 28.4 Å². The number of thiophene rings is 1. The van der Waals surface area contributed by atoms with E-state index in [1.165, 1.54) is 5.56 Å². The fourth-order valence-electron chi connectivity index (χ4n) is 8.31. The largest absolute Gasteiger partial charge is 0.508 e. The quantitative estimate of drug-likeness (QED) is 0.154. The van der Waals surface area contributed by atoms with Crippen LogP contribution < -0.4 is 15.0 Å². The molecule has 9 nitrogen and oxygen atoms in total. The van der Waals surface area contributed by atoms with Crippen LogP contribution in [0.25, 0.3) is 20.5 Å². The second-order valence-electron chi connectivity index (χ2n) is 14.7. The molecule has 0 spiro atoms. The topological polar surface area (TPSA) is 102 Å². The molecule has 1 aromatic heterocycles. The van der Waals surface area contributed by atoms with Gasteiger partial charge in [-0.2, -0.15) is 0 Å². The van der Waals surface area contributed by atoms with Crippen LogP contribution in [-0.2, 0) is 16.1 Å². The first-order chi connectivity index (χ1) is 25.8. The Kier molecular flexibility index (Phi) is 8.96. The van der Waals surface area contributed by atoms with E-state index in [1.807, 2.05) is 30.3 Å². The van der Waals surface area contributed by atoms with E-state index < -0.39 is 6.04 Å². The minimum atomic E-state index is -0.590. The van der Waals surface area contributed by atoms with Gasteiger partial charge in [-0.1, -0.05) is 40.2 Å². The molecule has 5 heterocycles. The molecule has 0 saturated carbocycles. The van der Waals surface area contributed by atoms with Crippen molar-refractivity contribution in [1.82, 2.24) is 15.1 Å². The SMILES string of the molecule is O=C1CCC(N2Cc3cc(N4CCC(CN5CC(c6ccc(Oc7c(-c8ccc(Br)cc8)sc8cc(O)ccc78)cc6)C5)CC4)ccc3C2=O)C(=O)N1. The number of phenols is 1. The monoisotopic (exact) mass is 790 g/mol. The number of nitrogens with zero attached hydrogens (tertiary/aromatic N) is 3. The summed E-state index contributed by atoms with van der Waals surface area (Å²) in [6.07, 6.45) is 2.89. The van der Waals surface area contributed by atoms with Crippen LogP contribution in [0.4, 0.5) is 5.69 Å². The Morgan fingerprint density at radius 2 is 1.66 bits per heavy atom. The maximum absolute atomic E-state index is 13.1. The number of hydrogen-bond acceptors (Lipinski definition) is 8. The zero-order valence-electron chi connectivity index (χ0n) is 29.1. The van der Waals surface area contributed by atoms with E-state index in [9.17, 15) is 19.5 Å². The predicted octanol–water partition coefficient (Wildman–Crippen LogP) is 7.91. The molecule has 11 heteroatoms. The summed E-state index contributed by atoms with van der Waals surface area (Å²) in [5.41, 5.74) is 5.15. The number of ether oxygens (including phenoxy) is 1. The molecular weight excluding hydrogens is 752 g/mol. The van der Waals surface area contributed by atoms with E-state index in [-0.39, 0.29) is 29.9 Å². The Morgan fingerprint density at radius 1 is 0.887 bits per heavy atom. The Labute approximate surface area is 320 Å². The van der Waals surface area contributed by atoms with Gasteiger partial charge in [0.25, 0.3) is 5.91 Å². The van der Waals surface area contributed by atoms with Gasteiger partial charge in [-0.25, -0.2) is 0 Å². The smallest absolute Gasteiger partial charge is 0.255 e. The third kappa shape index (κ3) is 6.70. The molecule has 4 aromatic carbocycles. The van der Waals surface area contributed by atoms with Gasteiger partial charge in [-0.3, -0.25) is 19.7 Å². The number of imide groups is 1. The third-order valence-corrected chi connectivity index (χ3v) is 13.0. The molecule has 0 radical (unpaired) electrons. The number of anilines is 1. The summed E-state index contributed by atoms with van der Waals surface area (Å²) >= 11 is 5.15. The normalized spacial score (nSPS) is 19.8. The zero-order valence-corrected chi connectivity index (χ0v) is 31.5. The molecule has 5 aromatic rings. The van der Waals surface area contributed by atoms with Crippen molar-refractivity contribution >= 4 is 60.8 Å². The molecule has 4 aliphatic rings. The number of amides is 3. The van der Waals surface area contributed by atoms with Gasteiger partial charge in [0, 0.05) is 77.4 Å². The highest BCUT2D eigenvalue weighted by atomic mass is 79.9. The summed E-state index contributed by atoms with van der Waals surface area (Å²) in [5.74, 6) is 2.25. The van der Waals surface area contributed by atoms with Gasteiger partial charge in [0.1, 0.15) is 17.5 Å². The van der Waals surface area contributed by atoms with Crippen LogP contribution in [0, 0.1) is 5.92 Å². The average molecular weight is 792 g/mol. The van der Waals surface area contributed by atoms with Crippen LogP contribution in [0.3, 0.4) is 0 Å². The number of aromatic hydroxyl groups is 1. The minimum absolute atomic E-state index is 0.127. The first kappa shape index (κ1) is 34.1. The van der Waals surface area contributed by atoms with Gasteiger partial charge in [0.2, 0.25) is 11.8 Å². The summed E-state index contributed by atoms with van der Waals surface area (Å²) in [7, 11) is 0. The third-order valence-electron chi connectivity index (χ3n) is 11.3. The molecule has 53 heavy (non-hydrogen) atoms. The zero-order chi connectivity index (χ0) is 36.2. The Balaban J connectivity index is 0.776. The maximum atomic E-state index is 13.1. The maximum Gasteiger partial charge on any atom is 0.255 e. The van der Waals surface area contributed by atoms with Crippen molar-refractivity contribution in [2.45, 2.75) is 44.2 Å². The van der Waals surface area contributed by atoms with Crippen molar-refractivity contribution in [3.8, 4) is 27.7 Å². The summed E-state index contributed by atoms with van der Waals surface area (Å²) in [4.78, 5) is 44.8. The number of benzene rings is 4. The molecule has 3 saturated heterocycles. The Morgan fingerprint density at radius 3 is 2.42 bits per heavy atom. The van der Waals surface area contributed by atoms with Crippen LogP contribution >= 0.6 is 27.3 Å². The molecule has 270 valence electrons. The van der Waals surface area contributed by atoms with Gasteiger partial charge in [-0.05, 0) is 103 Å². The highest BCUT2D eigenvalue weighted by Gasteiger charge is 2.39. The molecular formula is C42H39BrN4O5S. The molecule has 9 rings (SSSR count). The van der Waals surface area contributed by atoms with E-state index in [0.717, 1.165) is 93.3 Å².